The SMILES string of the molecule is CCc1c(C)[nH]c(C=S)c1C. The first-order valence-corrected chi connectivity index (χ1v) is 4.31. The Labute approximate surface area is 72.8 Å². The first kappa shape index (κ1) is 8.47. The van der Waals surface area contributed by atoms with Gasteiger partial charge in [-0.25, -0.2) is 0 Å². The molecule has 0 amide bonds. The Kier molecular flexibility index (Phi) is 2.45. The van der Waals surface area contributed by atoms with Crippen molar-refractivity contribution in [1.82, 2.24) is 4.98 Å². The molecule has 1 heterocycles. The maximum absolute atomic E-state index is 4.87. The predicted molar refractivity (Wildman–Crippen MR) is 52.4 cm³/mol. The molecule has 0 aromatic carbocycles. The van der Waals surface area contributed by atoms with Crippen LogP contribution in [0.3, 0.4) is 0 Å². The second kappa shape index (κ2) is 3.18. The van der Waals surface area contributed by atoms with Gasteiger partial charge in [0.2, 0.25) is 0 Å². The van der Waals surface area contributed by atoms with Crippen LogP contribution in [-0.2, 0) is 6.42 Å². The summed E-state index contributed by atoms with van der Waals surface area (Å²) in [4.78, 5) is 3.25. The lowest BCUT2D eigenvalue weighted by Gasteiger charge is -1.94. The number of hydrogen-bond acceptors (Lipinski definition) is 1. The van der Waals surface area contributed by atoms with E-state index in [1.165, 1.54) is 16.8 Å². The minimum absolute atomic E-state index is 1.08. The van der Waals surface area contributed by atoms with E-state index in [1.54, 1.807) is 5.37 Å². The third kappa shape index (κ3) is 1.36. The fourth-order valence-electron chi connectivity index (χ4n) is 1.46. The van der Waals surface area contributed by atoms with E-state index < -0.39 is 0 Å². The van der Waals surface area contributed by atoms with Crippen LogP contribution in [0.25, 0.3) is 0 Å². The number of aromatic amines is 1. The van der Waals surface area contributed by atoms with Crippen molar-refractivity contribution in [3.8, 4) is 0 Å². The van der Waals surface area contributed by atoms with Gasteiger partial charge in [0.25, 0.3) is 0 Å². The molecule has 0 aliphatic heterocycles. The van der Waals surface area contributed by atoms with Crippen LogP contribution in [-0.4, -0.2) is 10.4 Å². The fourth-order valence-corrected chi connectivity index (χ4v) is 1.70. The molecule has 0 saturated carbocycles. The molecule has 1 rings (SSSR count). The number of rotatable bonds is 2. The summed E-state index contributed by atoms with van der Waals surface area (Å²) in [5.74, 6) is 0. The van der Waals surface area contributed by atoms with Gasteiger partial charge >= 0.3 is 0 Å². The lowest BCUT2D eigenvalue weighted by atomic mass is 10.1. The van der Waals surface area contributed by atoms with Crippen molar-refractivity contribution in [3.63, 3.8) is 0 Å². The van der Waals surface area contributed by atoms with E-state index in [0.29, 0.717) is 0 Å². The van der Waals surface area contributed by atoms with Crippen LogP contribution < -0.4 is 0 Å². The van der Waals surface area contributed by atoms with Crippen molar-refractivity contribution in [1.29, 1.82) is 0 Å². The van der Waals surface area contributed by atoms with Crippen molar-refractivity contribution >= 4 is 17.6 Å². The molecular weight excluding hydrogens is 154 g/mol. The van der Waals surface area contributed by atoms with Crippen molar-refractivity contribution in [2.24, 2.45) is 0 Å². The Bertz CT molecular complexity index is 273. The zero-order chi connectivity index (χ0) is 8.43. The smallest absolute Gasteiger partial charge is 0.0523 e. The molecule has 0 atom stereocenters. The third-order valence-corrected chi connectivity index (χ3v) is 2.34. The van der Waals surface area contributed by atoms with E-state index in [4.69, 9.17) is 12.2 Å². The number of nitrogens with one attached hydrogen (secondary N) is 1. The Hall–Kier alpha value is -0.630. The second-order valence-corrected chi connectivity index (χ2v) is 2.97. The van der Waals surface area contributed by atoms with Gasteiger partial charge in [0.1, 0.15) is 0 Å². The molecule has 11 heavy (non-hydrogen) atoms. The molecule has 0 unspecified atom stereocenters. The number of thiocarbonyl (C=S) groups is 1. The van der Waals surface area contributed by atoms with Gasteiger partial charge in [-0.2, -0.15) is 0 Å². The lowest BCUT2D eigenvalue weighted by Crippen LogP contribution is -1.84. The van der Waals surface area contributed by atoms with Crippen LogP contribution in [0.1, 0.15) is 29.4 Å². The number of aryl methyl sites for hydroxylation is 1. The van der Waals surface area contributed by atoms with Crippen LogP contribution in [0.4, 0.5) is 0 Å². The van der Waals surface area contributed by atoms with Crippen molar-refractivity contribution < 1.29 is 0 Å². The van der Waals surface area contributed by atoms with Crippen molar-refractivity contribution in [2.45, 2.75) is 27.2 Å². The molecule has 60 valence electrons. The van der Waals surface area contributed by atoms with Crippen LogP contribution >= 0.6 is 12.2 Å². The summed E-state index contributed by atoms with van der Waals surface area (Å²) in [7, 11) is 0. The van der Waals surface area contributed by atoms with Crippen molar-refractivity contribution in [2.75, 3.05) is 0 Å². The Morgan fingerprint density at radius 2 is 2.09 bits per heavy atom. The zero-order valence-electron chi connectivity index (χ0n) is 7.19. The minimum atomic E-state index is 1.08. The maximum Gasteiger partial charge on any atom is 0.0523 e. The Balaban J connectivity index is 3.24. The molecule has 2 heteroatoms. The quantitative estimate of drug-likeness (QED) is 0.669. The topological polar surface area (TPSA) is 15.8 Å². The molecule has 0 spiro atoms. The second-order valence-electron chi connectivity index (χ2n) is 2.74. The van der Waals surface area contributed by atoms with Crippen LogP contribution in [0.15, 0.2) is 0 Å². The first-order chi connectivity index (χ1) is 5.20. The molecule has 0 saturated heterocycles. The molecule has 0 aliphatic rings. The molecular formula is C9H13NS. The predicted octanol–water partition coefficient (Wildman–Crippen LogP) is 2.54. The highest BCUT2D eigenvalue weighted by atomic mass is 32.1. The summed E-state index contributed by atoms with van der Waals surface area (Å²) in [5, 5.41) is 1.71. The van der Waals surface area contributed by atoms with E-state index in [-0.39, 0.29) is 0 Å². The lowest BCUT2D eigenvalue weighted by molar-refractivity contribution is 1.08. The summed E-state index contributed by atoms with van der Waals surface area (Å²) in [5.41, 5.74) is 5.05. The van der Waals surface area contributed by atoms with Gasteiger partial charge in [0.15, 0.2) is 0 Å². The van der Waals surface area contributed by atoms with Gasteiger partial charge < -0.3 is 4.98 Å². The van der Waals surface area contributed by atoms with E-state index in [9.17, 15) is 0 Å². The molecule has 0 bridgehead atoms. The number of hydrogen-bond donors (Lipinski definition) is 1. The average Bonchev–Trinajstić information content (AvgIpc) is 2.26. The van der Waals surface area contributed by atoms with Gasteiger partial charge in [-0.3, -0.25) is 0 Å². The molecule has 1 nitrogen and oxygen atoms in total. The maximum atomic E-state index is 4.87. The van der Waals surface area contributed by atoms with Crippen LogP contribution in [0, 0.1) is 13.8 Å². The monoisotopic (exact) mass is 167 g/mol. The van der Waals surface area contributed by atoms with Crippen molar-refractivity contribution in [3.05, 3.63) is 22.5 Å². The Morgan fingerprint density at radius 1 is 1.45 bits per heavy atom. The molecule has 0 radical (unpaired) electrons. The third-order valence-electron chi connectivity index (χ3n) is 2.10. The highest BCUT2D eigenvalue weighted by Gasteiger charge is 2.06. The largest absolute Gasteiger partial charge is 0.358 e. The number of aromatic nitrogens is 1. The van der Waals surface area contributed by atoms with Crippen LogP contribution in [0.5, 0.6) is 0 Å². The van der Waals surface area contributed by atoms with Crippen LogP contribution in [0.2, 0.25) is 0 Å². The van der Waals surface area contributed by atoms with Gasteiger partial charge in [-0.05, 0) is 31.4 Å². The molecule has 0 fully saturated rings. The minimum Gasteiger partial charge on any atom is -0.358 e. The van der Waals surface area contributed by atoms with E-state index >= 15 is 0 Å². The average molecular weight is 167 g/mol. The standard InChI is InChI=1S/C9H13NS/c1-4-8-6(2)9(5-11)10-7(8)3/h5,10H,4H2,1-3H3. The molecule has 0 aliphatic carbocycles. The highest BCUT2D eigenvalue weighted by molar-refractivity contribution is 7.79. The number of H-pyrrole nitrogens is 1. The normalized spacial score (nSPS) is 10.1. The summed E-state index contributed by atoms with van der Waals surface area (Å²) in [6.45, 7) is 6.37. The van der Waals surface area contributed by atoms with E-state index in [2.05, 4.69) is 25.8 Å². The van der Waals surface area contributed by atoms with Gasteiger partial charge in [0.05, 0.1) is 5.69 Å². The summed E-state index contributed by atoms with van der Waals surface area (Å²) in [6.07, 6.45) is 1.08. The fraction of sp³-hybridized carbons (Fsp3) is 0.444. The summed E-state index contributed by atoms with van der Waals surface area (Å²) < 4.78 is 0. The van der Waals surface area contributed by atoms with Gasteiger partial charge in [-0.15, -0.1) is 0 Å². The zero-order valence-corrected chi connectivity index (χ0v) is 8.01. The Morgan fingerprint density at radius 3 is 2.36 bits per heavy atom. The summed E-state index contributed by atoms with van der Waals surface area (Å²) >= 11 is 4.87. The van der Waals surface area contributed by atoms with E-state index in [0.717, 1.165) is 12.1 Å². The van der Waals surface area contributed by atoms with Gasteiger partial charge in [0, 0.05) is 11.1 Å². The molecule has 1 aromatic heterocycles. The first-order valence-electron chi connectivity index (χ1n) is 3.84. The summed E-state index contributed by atoms with van der Waals surface area (Å²) in [6, 6.07) is 0. The van der Waals surface area contributed by atoms with E-state index in [1.807, 2.05) is 0 Å². The van der Waals surface area contributed by atoms with Gasteiger partial charge in [-0.1, -0.05) is 19.1 Å². The highest BCUT2D eigenvalue weighted by Crippen LogP contribution is 2.16. The molecule has 1 aromatic rings. The molecule has 1 N–H and O–H groups in total.